The van der Waals surface area contributed by atoms with Crippen molar-refractivity contribution in [1.29, 1.82) is 0 Å². The van der Waals surface area contributed by atoms with Crippen molar-refractivity contribution < 1.29 is 4.74 Å². The third-order valence-electron chi connectivity index (χ3n) is 2.11. The second kappa shape index (κ2) is 6.85. The highest BCUT2D eigenvalue weighted by atomic mass is 16.5. The maximum absolute atomic E-state index is 5.72. The van der Waals surface area contributed by atoms with E-state index in [1.165, 1.54) is 5.56 Å². The smallest absolute Gasteiger partial charge is 0.193 e. The molecular formula is C12H19N3O. The highest BCUT2D eigenvalue weighted by molar-refractivity contribution is 5.92. The van der Waals surface area contributed by atoms with Crippen LogP contribution in [-0.2, 0) is 4.74 Å². The molecule has 0 atom stereocenters. The Morgan fingerprint density at radius 3 is 2.69 bits per heavy atom. The standard InChI is InChI=1S/C12H19N3O/c1-10-4-6-11(7-5-10)15-12(13)14-8-3-9-16-2/h4-7H,3,8-9H2,1-2H3,(H3,13,14,15). The van der Waals surface area contributed by atoms with Gasteiger partial charge >= 0.3 is 0 Å². The Morgan fingerprint density at radius 2 is 2.06 bits per heavy atom. The van der Waals surface area contributed by atoms with E-state index < -0.39 is 0 Å². The molecule has 1 rings (SSSR count). The number of anilines is 1. The molecule has 0 bridgehead atoms. The predicted octanol–water partition coefficient (Wildman–Crippen LogP) is 1.76. The number of guanidine groups is 1. The van der Waals surface area contributed by atoms with Gasteiger partial charge in [-0.05, 0) is 25.5 Å². The maximum Gasteiger partial charge on any atom is 0.193 e. The number of nitrogens with zero attached hydrogens (tertiary/aromatic N) is 1. The average Bonchev–Trinajstić information content (AvgIpc) is 2.28. The van der Waals surface area contributed by atoms with E-state index in [9.17, 15) is 0 Å². The van der Waals surface area contributed by atoms with Gasteiger partial charge in [0, 0.05) is 25.9 Å². The van der Waals surface area contributed by atoms with Gasteiger partial charge in [0.2, 0.25) is 0 Å². The molecule has 0 saturated heterocycles. The highest BCUT2D eigenvalue weighted by Crippen LogP contribution is 2.07. The van der Waals surface area contributed by atoms with Crippen molar-refractivity contribution in [3.8, 4) is 0 Å². The maximum atomic E-state index is 5.72. The van der Waals surface area contributed by atoms with Gasteiger partial charge in [0.1, 0.15) is 0 Å². The van der Waals surface area contributed by atoms with Crippen LogP contribution in [0.25, 0.3) is 0 Å². The van der Waals surface area contributed by atoms with Gasteiger partial charge in [0.05, 0.1) is 0 Å². The van der Waals surface area contributed by atoms with Crippen LogP contribution in [0, 0.1) is 6.92 Å². The third-order valence-corrected chi connectivity index (χ3v) is 2.11. The zero-order valence-electron chi connectivity index (χ0n) is 9.86. The molecule has 1 aromatic rings. The number of aliphatic imine (C=N–C) groups is 1. The minimum absolute atomic E-state index is 0.444. The number of nitrogens with two attached hydrogens (primary N) is 1. The molecule has 0 heterocycles. The summed E-state index contributed by atoms with van der Waals surface area (Å²) in [5, 5.41) is 3.03. The molecule has 0 spiro atoms. The van der Waals surface area contributed by atoms with E-state index >= 15 is 0 Å². The molecule has 4 heteroatoms. The quantitative estimate of drug-likeness (QED) is 0.452. The van der Waals surface area contributed by atoms with Crippen molar-refractivity contribution in [2.45, 2.75) is 13.3 Å². The van der Waals surface area contributed by atoms with Gasteiger partial charge in [-0.1, -0.05) is 17.7 Å². The second-order valence-corrected chi connectivity index (χ2v) is 3.60. The lowest BCUT2D eigenvalue weighted by Gasteiger charge is -2.05. The van der Waals surface area contributed by atoms with Crippen molar-refractivity contribution in [3.63, 3.8) is 0 Å². The van der Waals surface area contributed by atoms with Crippen LogP contribution in [0.4, 0.5) is 5.69 Å². The highest BCUT2D eigenvalue weighted by Gasteiger charge is 1.94. The molecule has 0 amide bonds. The summed E-state index contributed by atoms with van der Waals surface area (Å²) in [6.45, 7) is 3.44. The first-order valence-corrected chi connectivity index (χ1v) is 5.35. The van der Waals surface area contributed by atoms with E-state index in [0.29, 0.717) is 19.1 Å². The summed E-state index contributed by atoms with van der Waals surface area (Å²) in [5.74, 6) is 0.444. The number of rotatable bonds is 5. The summed E-state index contributed by atoms with van der Waals surface area (Å²) in [5.41, 5.74) is 7.90. The number of benzene rings is 1. The number of aryl methyl sites for hydroxylation is 1. The molecule has 0 aliphatic rings. The Labute approximate surface area is 96.5 Å². The zero-order chi connectivity index (χ0) is 11.8. The summed E-state index contributed by atoms with van der Waals surface area (Å²) in [6.07, 6.45) is 0.882. The first kappa shape index (κ1) is 12.5. The fraction of sp³-hybridized carbons (Fsp3) is 0.417. The molecule has 4 nitrogen and oxygen atoms in total. The van der Waals surface area contributed by atoms with Crippen LogP contribution in [0.2, 0.25) is 0 Å². The SMILES string of the molecule is COCCCN=C(N)Nc1ccc(C)cc1. The van der Waals surface area contributed by atoms with Gasteiger partial charge in [-0.25, -0.2) is 0 Å². The van der Waals surface area contributed by atoms with E-state index in [1.54, 1.807) is 7.11 Å². The van der Waals surface area contributed by atoms with Crippen molar-refractivity contribution in [2.24, 2.45) is 10.7 Å². The fourth-order valence-corrected chi connectivity index (χ4v) is 1.23. The molecule has 88 valence electrons. The number of hydrogen-bond donors (Lipinski definition) is 2. The van der Waals surface area contributed by atoms with Gasteiger partial charge < -0.3 is 15.8 Å². The molecule has 16 heavy (non-hydrogen) atoms. The lowest BCUT2D eigenvalue weighted by Crippen LogP contribution is -2.22. The Bertz CT molecular complexity index is 333. The first-order valence-electron chi connectivity index (χ1n) is 5.35. The first-order chi connectivity index (χ1) is 7.72. The van der Waals surface area contributed by atoms with Crippen LogP contribution in [-0.4, -0.2) is 26.2 Å². The van der Waals surface area contributed by atoms with Crippen LogP contribution in [0.15, 0.2) is 29.3 Å². The van der Waals surface area contributed by atoms with Gasteiger partial charge in [-0.15, -0.1) is 0 Å². The summed E-state index contributed by atoms with van der Waals surface area (Å²) >= 11 is 0. The van der Waals surface area contributed by atoms with Crippen LogP contribution in [0.1, 0.15) is 12.0 Å². The van der Waals surface area contributed by atoms with Crippen molar-refractivity contribution in [3.05, 3.63) is 29.8 Å². The number of ether oxygens (including phenoxy) is 1. The molecule has 1 aromatic carbocycles. The molecule has 0 saturated carbocycles. The van der Waals surface area contributed by atoms with Crippen LogP contribution >= 0.6 is 0 Å². The van der Waals surface area contributed by atoms with Crippen LogP contribution in [0.3, 0.4) is 0 Å². The third kappa shape index (κ3) is 4.79. The minimum Gasteiger partial charge on any atom is -0.385 e. The summed E-state index contributed by atoms with van der Waals surface area (Å²) in [7, 11) is 1.68. The Kier molecular flexibility index (Phi) is 5.36. The van der Waals surface area contributed by atoms with E-state index in [0.717, 1.165) is 12.1 Å². The summed E-state index contributed by atoms with van der Waals surface area (Å²) < 4.78 is 4.92. The largest absolute Gasteiger partial charge is 0.385 e. The van der Waals surface area contributed by atoms with Gasteiger partial charge in [0.15, 0.2) is 5.96 Å². The molecule has 0 aliphatic heterocycles. The lowest BCUT2D eigenvalue weighted by atomic mass is 10.2. The van der Waals surface area contributed by atoms with Crippen molar-refractivity contribution in [1.82, 2.24) is 0 Å². The number of hydrogen-bond acceptors (Lipinski definition) is 2. The van der Waals surface area contributed by atoms with E-state index in [4.69, 9.17) is 10.5 Å². The average molecular weight is 221 g/mol. The van der Waals surface area contributed by atoms with Gasteiger partial charge in [0.25, 0.3) is 0 Å². The van der Waals surface area contributed by atoms with E-state index in [2.05, 4.69) is 10.3 Å². The summed E-state index contributed by atoms with van der Waals surface area (Å²) in [4.78, 5) is 4.18. The van der Waals surface area contributed by atoms with Crippen LogP contribution < -0.4 is 11.1 Å². The topological polar surface area (TPSA) is 59.6 Å². The van der Waals surface area contributed by atoms with Crippen molar-refractivity contribution >= 4 is 11.6 Å². The normalized spacial score (nSPS) is 11.5. The Morgan fingerprint density at radius 1 is 1.38 bits per heavy atom. The monoisotopic (exact) mass is 221 g/mol. The Hall–Kier alpha value is -1.55. The van der Waals surface area contributed by atoms with Crippen LogP contribution in [0.5, 0.6) is 0 Å². The molecule has 3 N–H and O–H groups in total. The van der Waals surface area contributed by atoms with E-state index in [-0.39, 0.29) is 0 Å². The second-order valence-electron chi connectivity index (χ2n) is 3.60. The molecular weight excluding hydrogens is 202 g/mol. The molecule has 0 unspecified atom stereocenters. The van der Waals surface area contributed by atoms with Crippen molar-refractivity contribution in [2.75, 3.05) is 25.6 Å². The fourth-order valence-electron chi connectivity index (χ4n) is 1.23. The number of methoxy groups -OCH3 is 1. The van der Waals surface area contributed by atoms with E-state index in [1.807, 2.05) is 31.2 Å². The molecule has 0 aliphatic carbocycles. The van der Waals surface area contributed by atoms with Gasteiger partial charge in [-0.3, -0.25) is 4.99 Å². The molecule has 0 radical (unpaired) electrons. The zero-order valence-corrected chi connectivity index (χ0v) is 9.86. The van der Waals surface area contributed by atoms with Gasteiger partial charge in [-0.2, -0.15) is 0 Å². The lowest BCUT2D eigenvalue weighted by molar-refractivity contribution is 0.197. The Balaban J connectivity index is 2.38. The summed E-state index contributed by atoms with van der Waals surface area (Å²) in [6, 6.07) is 8.01. The molecule has 0 aromatic heterocycles. The molecule has 0 fully saturated rings. The number of nitrogens with one attached hydrogen (secondary N) is 1. The minimum atomic E-state index is 0.444. The predicted molar refractivity (Wildman–Crippen MR) is 67.8 cm³/mol.